The average molecular weight is 404 g/mol. The molecular weight excluding hydrogens is 376 g/mol. The van der Waals surface area contributed by atoms with Crippen LogP contribution >= 0.6 is 0 Å². The summed E-state index contributed by atoms with van der Waals surface area (Å²) in [6, 6.07) is 0. The second-order valence-electron chi connectivity index (χ2n) is 7.38. The molecule has 0 aromatic heterocycles. The van der Waals surface area contributed by atoms with Crippen molar-refractivity contribution in [2.45, 2.75) is 76.1 Å². The van der Waals surface area contributed by atoms with Crippen LogP contribution in [0.2, 0.25) is 0 Å². The highest BCUT2D eigenvalue weighted by atomic mass is 19.3. The first-order valence-electron chi connectivity index (χ1n) is 9.93. The molecule has 0 bridgehead atoms. The van der Waals surface area contributed by atoms with Gasteiger partial charge < -0.3 is 10.6 Å². The zero-order valence-electron chi connectivity index (χ0n) is 16.0. The fourth-order valence-corrected chi connectivity index (χ4v) is 3.44. The van der Waals surface area contributed by atoms with Crippen molar-refractivity contribution in [2.75, 3.05) is 13.1 Å². The molecule has 4 nitrogen and oxygen atoms in total. The highest BCUT2D eigenvalue weighted by Crippen LogP contribution is 2.35. The van der Waals surface area contributed by atoms with Gasteiger partial charge in [-0.25, -0.2) is 0 Å². The van der Waals surface area contributed by atoms with Crippen LogP contribution in [-0.2, 0) is 9.59 Å². The van der Waals surface area contributed by atoms with E-state index in [0.29, 0.717) is 12.8 Å². The van der Waals surface area contributed by atoms with Crippen LogP contribution in [0.5, 0.6) is 0 Å². The van der Waals surface area contributed by atoms with E-state index in [1.54, 1.807) is 0 Å². The highest BCUT2D eigenvalue weighted by Gasteiger charge is 2.66. The summed E-state index contributed by atoms with van der Waals surface area (Å²) >= 11 is 0. The summed E-state index contributed by atoms with van der Waals surface area (Å²) in [5, 5.41) is 3.68. The van der Waals surface area contributed by atoms with Gasteiger partial charge in [0.2, 0.25) is 0 Å². The van der Waals surface area contributed by atoms with Crippen molar-refractivity contribution < 1.29 is 27.2 Å². The number of alkyl halides is 4. The fourth-order valence-electron chi connectivity index (χ4n) is 3.44. The zero-order valence-corrected chi connectivity index (χ0v) is 16.0. The standard InChI is InChI=1S/C20H28F4N2O2/c21-19(22,17(27)25-13-11-15-7-3-1-4-8-15)20(23,24)18(28)26-14-12-16-9-5-2-6-10-16/h7,9H,1-6,8,10-14H2,(H,25,27)(H,26,28). The van der Waals surface area contributed by atoms with E-state index in [-0.39, 0.29) is 13.1 Å². The van der Waals surface area contributed by atoms with Gasteiger partial charge in [0.05, 0.1) is 0 Å². The van der Waals surface area contributed by atoms with Crippen LogP contribution in [0.15, 0.2) is 23.3 Å². The summed E-state index contributed by atoms with van der Waals surface area (Å²) in [5.74, 6) is -14.5. The molecule has 0 saturated heterocycles. The number of hydrogen-bond acceptors (Lipinski definition) is 2. The van der Waals surface area contributed by atoms with E-state index in [0.717, 1.165) is 62.5 Å². The van der Waals surface area contributed by atoms with Crippen LogP contribution in [0.4, 0.5) is 17.6 Å². The Morgan fingerprint density at radius 1 is 0.750 bits per heavy atom. The van der Waals surface area contributed by atoms with Gasteiger partial charge in [0.1, 0.15) is 0 Å². The van der Waals surface area contributed by atoms with Crippen molar-refractivity contribution in [3.8, 4) is 0 Å². The summed E-state index contributed by atoms with van der Waals surface area (Å²) in [6.45, 7) is -0.321. The average Bonchev–Trinajstić information content (AvgIpc) is 2.69. The highest BCUT2D eigenvalue weighted by molar-refractivity contribution is 5.95. The van der Waals surface area contributed by atoms with E-state index < -0.39 is 23.7 Å². The van der Waals surface area contributed by atoms with E-state index in [1.165, 1.54) is 0 Å². The SMILES string of the molecule is O=C(NCCC1=CCCCC1)C(F)(F)C(F)(F)C(=O)NCCC1=CCCCC1. The van der Waals surface area contributed by atoms with Crippen molar-refractivity contribution in [3.63, 3.8) is 0 Å². The summed E-state index contributed by atoms with van der Waals surface area (Å²) in [7, 11) is 0. The third kappa shape index (κ3) is 5.82. The molecule has 0 aromatic rings. The zero-order chi connectivity index (χ0) is 20.6. The van der Waals surface area contributed by atoms with Gasteiger partial charge in [-0.2, -0.15) is 17.6 Å². The van der Waals surface area contributed by atoms with Crippen LogP contribution in [0.25, 0.3) is 0 Å². The molecule has 2 rings (SSSR count). The number of carbonyl (C=O) groups excluding carboxylic acids is 2. The molecule has 2 aliphatic rings. The number of allylic oxidation sites excluding steroid dienone is 2. The van der Waals surface area contributed by atoms with Gasteiger partial charge in [0, 0.05) is 13.1 Å². The van der Waals surface area contributed by atoms with Crippen LogP contribution in [0.3, 0.4) is 0 Å². The number of nitrogens with one attached hydrogen (secondary N) is 2. The van der Waals surface area contributed by atoms with E-state index in [9.17, 15) is 27.2 Å². The molecule has 2 amide bonds. The van der Waals surface area contributed by atoms with Crippen molar-refractivity contribution in [2.24, 2.45) is 0 Å². The van der Waals surface area contributed by atoms with Crippen LogP contribution in [0, 0.1) is 0 Å². The molecule has 28 heavy (non-hydrogen) atoms. The van der Waals surface area contributed by atoms with Gasteiger partial charge in [-0.3, -0.25) is 9.59 Å². The first kappa shape index (κ1) is 22.4. The monoisotopic (exact) mass is 404 g/mol. The largest absolute Gasteiger partial charge is 0.395 e. The van der Waals surface area contributed by atoms with Crippen LogP contribution < -0.4 is 10.6 Å². The number of rotatable bonds is 9. The molecule has 0 radical (unpaired) electrons. The Bertz CT molecular complexity index is 576. The summed E-state index contributed by atoms with van der Waals surface area (Å²) in [6.07, 6.45) is 12.2. The number of hydrogen-bond donors (Lipinski definition) is 2. The third-order valence-corrected chi connectivity index (χ3v) is 5.20. The molecule has 0 spiro atoms. The Morgan fingerprint density at radius 2 is 1.14 bits per heavy atom. The third-order valence-electron chi connectivity index (χ3n) is 5.20. The molecular formula is C20H28F4N2O2. The summed E-state index contributed by atoms with van der Waals surface area (Å²) < 4.78 is 55.8. The second kappa shape index (κ2) is 10.1. The van der Waals surface area contributed by atoms with Crippen LogP contribution in [-0.4, -0.2) is 36.7 Å². The van der Waals surface area contributed by atoms with Gasteiger partial charge in [0.15, 0.2) is 0 Å². The number of halogens is 4. The molecule has 0 aliphatic heterocycles. The topological polar surface area (TPSA) is 58.2 Å². The molecule has 158 valence electrons. The minimum Gasteiger partial charge on any atom is -0.350 e. The lowest BCUT2D eigenvalue weighted by Crippen LogP contribution is -2.59. The Kier molecular flexibility index (Phi) is 8.07. The molecule has 8 heteroatoms. The molecule has 0 saturated carbocycles. The van der Waals surface area contributed by atoms with E-state index in [2.05, 4.69) is 0 Å². The quantitative estimate of drug-likeness (QED) is 0.445. The lowest BCUT2D eigenvalue weighted by Gasteiger charge is -2.25. The molecule has 0 unspecified atom stereocenters. The molecule has 2 N–H and O–H groups in total. The Balaban J connectivity index is 1.81. The molecule has 0 fully saturated rings. The fraction of sp³-hybridized carbons (Fsp3) is 0.700. The Hall–Kier alpha value is -1.86. The lowest BCUT2D eigenvalue weighted by molar-refractivity contribution is -0.211. The maximum Gasteiger partial charge on any atom is 0.395 e. The number of carbonyl (C=O) groups is 2. The maximum absolute atomic E-state index is 13.9. The van der Waals surface area contributed by atoms with Crippen molar-refractivity contribution >= 4 is 11.8 Å². The minimum atomic E-state index is -5.11. The van der Waals surface area contributed by atoms with Crippen molar-refractivity contribution in [1.82, 2.24) is 10.6 Å². The molecule has 0 heterocycles. The Labute approximate surface area is 162 Å². The molecule has 0 atom stereocenters. The maximum atomic E-state index is 13.9. The van der Waals surface area contributed by atoms with E-state index in [4.69, 9.17) is 0 Å². The first-order valence-corrected chi connectivity index (χ1v) is 9.93. The van der Waals surface area contributed by atoms with E-state index in [1.807, 2.05) is 22.8 Å². The van der Waals surface area contributed by atoms with Crippen molar-refractivity contribution in [3.05, 3.63) is 23.3 Å². The molecule has 2 aliphatic carbocycles. The molecule has 0 aromatic carbocycles. The smallest absolute Gasteiger partial charge is 0.350 e. The van der Waals surface area contributed by atoms with Crippen LogP contribution in [0.1, 0.15) is 64.2 Å². The Morgan fingerprint density at radius 3 is 1.46 bits per heavy atom. The van der Waals surface area contributed by atoms with Gasteiger partial charge in [-0.05, 0) is 64.2 Å². The number of amides is 2. The predicted octanol–water partition coefficient (Wildman–Crippen LogP) is 4.27. The lowest BCUT2D eigenvalue weighted by atomic mass is 9.97. The van der Waals surface area contributed by atoms with Gasteiger partial charge >= 0.3 is 11.8 Å². The second-order valence-corrected chi connectivity index (χ2v) is 7.38. The normalized spacial score (nSPS) is 18.1. The minimum absolute atomic E-state index is 0.161. The summed E-state index contributed by atoms with van der Waals surface area (Å²) in [4.78, 5) is 23.3. The van der Waals surface area contributed by atoms with Crippen molar-refractivity contribution in [1.29, 1.82) is 0 Å². The van der Waals surface area contributed by atoms with Gasteiger partial charge in [-0.1, -0.05) is 23.3 Å². The summed E-state index contributed by atoms with van der Waals surface area (Å²) in [5.41, 5.74) is 2.05. The van der Waals surface area contributed by atoms with E-state index >= 15 is 0 Å². The first-order chi connectivity index (χ1) is 13.2. The van der Waals surface area contributed by atoms with Gasteiger partial charge in [-0.15, -0.1) is 0 Å². The van der Waals surface area contributed by atoms with Gasteiger partial charge in [0.25, 0.3) is 11.8 Å². The predicted molar refractivity (Wildman–Crippen MR) is 98.2 cm³/mol.